The minimum Gasteiger partial charge on any atom is -0.326 e. The summed E-state index contributed by atoms with van der Waals surface area (Å²) in [5, 5.41) is -0.123. The van der Waals surface area contributed by atoms with E-state index in [2.05, 4.69) is 0 Å². The predicted molar refractivity (Wildman–Crippen MR) is 87.3 cm³/mol. The van der Waals surface area contributed by atoms with Crippen molar-refractivity contribution >= 4 is 21.6 Å². The van der Waals surface area contributed by atoms with Crippen LogP contribution in [0.2, 0.25) is 5.02 Å². The molecule has 2 atom stereocenters. The third-order valence-electron chi connectivity index (χ3n) is 4.07. The van der Waals surface area contributed by atoms with Crippen molar-refractivity contribution in [3.8, 4) is 0 Å². The average molecular weight is 355 g/mol. The number of halogens is 2. The molecule has 1 fully saturated rings. The van der Waals surface area contributed by atoms with E-state index in [4.69, 9.17) is 17.3 Å². The second kappa shape index (κ2) is 6.20. The van der Waals surface area contributed by atoms with Gasteiger partial charge in [-0.1, -0.05) is 41.9 Å². The minimum absolute atomic E-state index is 0.0785. The van der Waals surface area contributed by atoms with Crippen LogP contribution in [0.1, 0.15) is 11.5 Å². The molecule has 2 aromatic carbocycles. The van der Waals surface area contributed by atoms with Gasteiger partial charge in [-0.3, -0.25) is 0 Å². The molecule has 23 heavy (non-hydrogen) atoms. The molecule has 0 aromatic heterocycles. The Morgan fingerprint density at radius 2 is 1.83 bits per heavy atom. The first-order valence-electron chi connectivity index (χ1n) is 7.15. The molecule has 0 saturated carbocycles. The van der Waals surface area contributed by atoms with Gasteiger partial charge >= 0.3 is 0 Å². The molecule has 0 spiro atoms. The van der Waals surface area contributed by atoms with Gasteiger partial charge in [0.25, 0.3) is 0 Å². The fourth-order valence-corrected chi connectivity index (χ4v) is 4.87. The van der Waals surface area contributed by atoms with Gasteiger partial charge in [-0.05, 0) is 23.8 Å². The Labute approximate surface area is 139 Å². The first-order chi connectivity index (χ1) is 10.9. The first kappa shape index (κ1) is 16.4. The number of sulfonamides is 1. The predicted octanol–water partition coefficient (Wildman–Crippen LogP) is 2.59. The summed E-state index contributed by atoms with van der Waals surface area (Å²) in [6.45, 7) is 0.483. The molecule has 3 rings (SSSR count). The minimum atomic E-state index is -3.81. The standard InChI is InChI=1S/C16H16ClFN2O2S/c17-14-8-12(18)6-7-16(14)23(21,22)20-9-13(15(19)10-20)11-4-2-1-3-5-11/h1-8,13,15H,9-10,19H2/t13-,15+/m0/s1. The number of nitrogens with two attached hydrogens (primary N) is 1. The van der Waals surface area contributed by atoms with E-state index >= 15 is 0 Å². The van der Waals surface area contributed by atoms with Crippen molar-refractivity contribution in [3.05, 3.63) is 64.9 Å². The van der Waals surface area contributed by atoms with Crippen LogP contribution >= 0.6 is 11.6 Å². The van der Waals surface area contributed by atoms with E-state index in [1.165, 1.54) is 10.4 Å². The van der Waals surface area contributed by atoms with Crippen LogP contribution in [0.4, 0.5) is 4.39 Å². The van der Waals surface area contributed by atoms with Crippen LogP contribution in [-0.2, 0) is 10.0 Å². The molecule has 1 saturated heterocycles. The molecular weight excluding hydrogens is 339 g/mol. The van der Waals surface area contributed by atoms with Crippen LogP contribution < -0.4 is 5.73 Å². The number of nitrogens with zero attached hydrogens (tertiary/aromatic N) is 1. The van der Waals surface area contributed by atoms with E-state index in [1.54, 1.807) is 0 Å². The number of rotatable bonds is 3. The zero-order chi connectivity index (χ0) is 16.6. The molecule has 0 amide bonds. The maximum Gasteiger partial charge on any atom is 0.244 e. The van der Waals surface area contributed by atoms with Gasteiger partial charge in [-0.25, -0.2) is 12.8 Å². The summed E-state index contributed by atoms with van der Waals surface area (Å²) < 4.78 is 40.0. The van der Waals surface area contributed by atoms with Crippen LogP contribution in [0.25, 0.3) is 0 Å². The van der Waals surface area contributed by atoms with E-state index < -0.39 is 15.8 Å². The Balaban J connectivity index is 1.90. The van der Waals surface area contributed by atoms with E-state index in [0.717, 1.165) is 17.7 Å². The highest BCUT2D eigenvalue weighted by Crippen LogP contribution is 2.32. The summed E-state index contributed by atoms with van der Waals surface area (Å²) in [5.41, 5.74) is 7.14. The topological polar surface area (TPSA) is 63.4 Å². The molecule has 2 aromatic rings. The van der Waals surface area contributed by atoms with Gasteiger partial charge in [0.05, 0.1) is 5.02 Å². The highest BCUT2D eigenvalue weighted by Gasteiger charge is 2.39. The Morgan fingerprint density at radius 3 is 2.48 bits per heavy atom. The molecule has 122 valence electrons. The Morgan fingerprint density at radius 1 is 1.13 bits per heavy atom. The fraction of sp³-hybridized carbons (Fsp3) is 0.250. The molecule has 1 aliphatic rings. The van der Waals surface area contributed by atoms with E-state index in [9.17, 15) is 12.8 Å². The lowest BCUT2D eigenvalue weighted by Gasteiger charge is -2.17. The van der Waals surface area contributed by atoms with Gasteiger partial charge in [0.1, 0.15) is 10.7 Å². The molecule has 0 bridgehead atoms. The summed E-state index contributed by atoms with van der Waals surface area (Å²) in [4.78, 5) is -0.0959. The third kappa shape index (κ3) is 3.12. The molecule has 7 heteroatoms. The van der Waals surface area contributed by atoms with Crippen molar-refractivity contribution in [2.45, 2.75) is 16.9 Å². The van der Waals surface area contributed by atoms with Crippen molar-refractivity contribution < 1.29 is 12.8 Å². The summed E-state index contributed by atoms with van der Waals surface area (Å²) in [6, 6.07) is 12.5. The van der Waals surface area contributed by atoms with Gasteiger partial charge in [-0.2, -0.15) is 4.31 Å². The smallest absolute Gasteiger partial charge is 0.244 e. The van der Waals surface area contributed by atoms with E-state index in [0.29, 0.717) is 0 Å². The number of benzene rings is 2. The van der Waals surface area contributed by atoms with Crippen molar-refractivity contribution in [3.63, 3.8) is 0 Å². The monoisotopic (exact) mass is 354 g/mol. The summed E-state index contributed by atoms with van der Waals surface area (Å²) >= 11 is 5.91. The Hall–Kier alpha value is -1.47. The lowest BCUT2D eigenvalue weighted by Crippen LogP contribution is -2.32. The number of hydrogen-bond donors (Lipinski definition) is 1. The highest BCUT2D eigenvalue weighted by atomic mass is 35.5. The summed E-state index contributed by atoms with van der Waals surface area (Å²) in [6.07, 6.45) is 0. The second-order valence-corrected chi connectivity index (χ2v) is 7.89. The van der Waals surface area contributed by atoms with Crippen LogP contribution in [-0.4, -0.2) is 31.9 Å². The molecule has 2 N–H and O–H groups in total. The Bertz CT molecular complexity index is 814. The van der Waals surface area contributed by atoms with Gasteiger partial charge in [-0.15, -0.1) is 0 Å². The van der Waals surface area contributed by atoms with Crippen LogP contribution in [0.5, 0.6) is 0 Å². The molecule has 1 heterocycles. The van der Waals surface area contributed by atoms with Gasteiger partial charge in [0, 0.05) is 25.0 Å². The average Bonchev–Trinajstić information content (AvgIpc) is 2.90. The molecule has 0 unspecified atom stereocenters. The largest absolute Gasteiger partial charge is 0.326 e. The molecule has 4 nitrogen and oxygen atoms in total. The second-order valence-electron chi connectivity index (χ2n) is 5.58. The Kier molecular flexibility index (Phi) is 4.42. The van der Waals surface area contributed by atoms with Crippen molar-refractivity contribution in [1.29, 1.82) is 0 Å². The first-order valence-corrected chi connectivity index (χ1v) is 8.97. The maximum atomic E-state index is 13.1. The normalized spacial score (nSPS) is 22.4. The van der Waals surface area contributed by atoms with Gasteiger partial charge in [0.15, 0.2) is 0 Å². The fourth-order valence-electron chi connectivity index (χ4n) is 2.86. The summed E-state index contributed by atoms with van der Waals surface area (Å²) in [5.74, 6) is -0.653. The molecule has 1 aliphatic heterocycles. The van der Waals surface area contributed by atoms with Crippen LogP contribution in [0, 0.1) is 5.82 Å². The van der Waals surface area contributed by atoms with Crippen molar-refractivity contribution in [1.82, 2.24) is 4.31 Å². The van der Waals surface area contributed by atoms with Gasteiger partial charge in [0.2, 0.25) is 10.0 Å². The van der Waals surface area contributed by atoms with E-state index in [1.807, 2.05) is 30.3 Å². The zero-order valence-electron chi connectivity index (χ0n) is 12.2. The molecular formula is C16H16ClFN2O2S. The lowest BCUT2D eigenvalue weighted by molar-refractivity contribution is 0.470. The highest BCUT2D eigenvalue weighted by molar-refractivity contribution is 7.89. The molecule has 0 aliphatic carbocycles. The third-order valence-corrected chi connectivity index (χ3v) is 6.39. The van der Waals surface area contributed by atoms with E-state index in [-0.39, 0.29) is 35.0 Å². The van der Waals surface area contributed by atoms with Gasteiger partial charge < -0.3 is 5.73 Å². The number of hydrogen-bond acceptors (Lipinski definition) is 3. The SMILES string of the molecule is N[C@@H]1CN(S(=O)(=O)c2ccc(F)cc2Cl)C[C@H]1c1ccccc1. The lowest BCUT2D eigenvalue weighted by atomic mass is 9.95. The quantitative estimate of drug-likeness (QED) is 0.921. The van der Waals surface area contributed by atoms with Crippen LogP contribution in [0.3, 0.4) is 0 Å². The zero-order valence-corrected chi connectivity index (χ0v) is 13.8. The maximum absolute atomic E-state index is 13.1. The van der Waals surface area contributed by atoms with Crippen molar-refractivity contribution in [2.24, 2.45) is 5.73 Å². The van der Waals surface area contributed by atoms with Crippen LogP contribution in [0.15, 0.2) is 53.4 Å². The summed E-state index contributed by atoms with van der Waals surface area (Å²) in [7, 11) is -3.81. The van der Waals surface area contributed by atoms with Crippen molar-refractivity contribution in [2.75, 3.05) is 13.1 Å². The molecule has 0 radical (unpaired) electrons.